The van der Waals surface area contributed by atoms with Crippen molar-refractivity contribution in [3.8, 4) is 0 Å². The molecule has 1 atom stereocenters. The summed E-state index contributed by atoms with van der Waals surface area (Å²) in [6.07, 6.45) is 2.46. The van der Waals surface area contributed by atoms with Crippen molar-refractivity contribution in [1.82, 2.24) is 15.2 Å². The zero-order chi connectivity index (χ0) is 18.6. The van der Waals surface area contributed by atoms with Gasteiger partial charge in [0, 0.05) is 17.6 Å². The maximum Gasteiger partial charge on any atom is 0.252 e. The van der Waals surface area contributed by atoms with E-state index >= 15 is 0 Å². The van der Waals surface area contributed by atoms with Crippen LogP contribution in [0, 0.1) is 6.92 Å². The Hall–Kier alpha value is -2.72. The number of carbonyl (C=O) groups is 1. The number of fused-ring (bicyclic) bond motifs is 1. The Balaban J connectivity index is 1.57. The summed E-state index contributed by atoms with van der Waals surface area (Å²) in [6, 6.07) is 20.4. The minimum Gasteiger partial charge on any atom is -0.350 e. The van der Waals surface area contributed by atoms with E-state index < -0.39 is 0 Å². The Morgan fingerprint density at radius 1 is 1.07 bits per heavy atom. The van der Waals surface area contributed by atoms with Gasteiger partial charge in [-0.05, 0) is 50.6 Å². The molecule has 0 saturated carbocycles. The molecule has 138 valence electrons. The van der Waals surface area contributed by atoms with Crippen LogP contribution in [0.3, 0.4) is 0 Å². The number of likely N-dealkylation sites (tertiary alicyclic amines) is 1. The highest BCUT2D eigenvalue weighted by atomic mass is 16.1. The molecule has 0 aliphatic carbocycles. The van der Waals surface area contributed by atoms with Gasteiger partial charge in [-0.25, -0.2) is 0 Å². The van der Waals surface area contributed by atoms with Crippen LogP contribution in [0.4, 0.5) is 0 Å². The van der Waals surface area contributed by atoms with Crippen molar-refractivity contribution in [2.45, 2.75) is 25.8 Å². The molecule has 27 heavy (non-hydrogen) atoms. The molecule has 4 nitrogen and oxygen atoms in total. The van der Waals surface area contributed by atoms with E-state index in [1.165, 1.54) is 18.4 Å². The molecule has 3 aromatic rings. The predicted octanol–water partition coefficient (Wildman–Crippen LogP) is 4.11. The number of rotatable bonds is 5. The minimum absolute atomic E-state index is 0.0307. The van der Waals surface area contributed by atoms with Gasteiger partial charge in [0.1, 0.15) is 0 Å². The molecule has 1 N–H and O–H groups in total. The van der Waals surface area contributed by atoms with Gasteiger partial charge in [-0.1, -0.05) is 48.5 Å². The van der Waals surface area contributed by atoms with Gasteiger partial charge in [0.15, 0.2) is 0 Å². The quantitative estimate of drug-likeness (QED) is 0.746. The summed E-state index contributed by atoms with van der Waals surface area (Å²) in [5.74, 6) is -0.0307. The second kappa shape index (κ2) is 7.89. The monoisotopic (exact) mass is 359 g/mol. The van der Waals surface area contributed by atoms with Crippen LogP contribution in [0.1, 0.15) is 40.5 Å². The topological polar surface area (TPSA) is 45.2 Å². The third-order valence-electron chi connectivity index (χ3n) is 5.31. The summed E-state index contributed by atoms with van der Waals surface area (Å²) in [6.45, 7) is 4.72. The fourth-order valence-electron chi connectivity index (χ4n) is 3.97. The number of aromatic nitrogens is 1. The normalized spacial score (nSPS) is 15.7. The molecule has 1 unspecified atom stereocenters. The SMILES string of the molecule is Cc1cc(C(=O)NCC(c2ccccc2)N2CCCC2)c2ccccc2n1. The van der Waals surface area contributed by atoms with E-state index in [4.69, 9.17) is 0 Å². The lowest BCUT2D eigenvalue weighted by Crippen LogP contribution is -2.36. The molecule has 4 rings (SSSR count). The van der Waals surface area contributed by atoms with Crippen molar-refractivity contribution in [3.05, 3.63) is 77.5 Å². The molecule has 1 aromatic heterocycles. The number of pyridine rings is 1. The van der Waals surface area contributed by atoms with Crippen LogP contribution in [0.25, 0.3) is 10.9 Å². The van der Waals surface area contributed by atoms with Gasteiger partial charge < -0.3 is 5.32 Å². The summed E-state index contributed by atoms with van der Waals surface area (Å²) in [5.41, 5.74) is 3.68. The summed E-state index contributed by atoms with van der Waals surface area (Å²) in [5, 5.41) is 4.09. The number of nitrogens with zero attached hydrogens (tertiary/aromatic N) is 2. The number of carbonyl (C=O) groups excluding carboxylic acids is 1. The van der Waals surface area contributed by atoms with Crippen LogP contribution >= 0.6 is 0 Å². The molecule has 1 fully saturated rings. The Bertz CT molecular complexity index is 933. The van der Waals surface area contributed by atoms with Crippen molar-refractivity contribution >= 4 is 16.8 Å². The van der Waals surface area contributed by atoms with E-state index in [0.29, 0.717) is 12.1 Å². The zero-order valence-corrected chi connectivity index (χ0v) is 15.7. The van der Waals surface area contributed by atoms with Crippen LogP contribution in [-0.4, -0.2) is 35.4 Å². The van der Waals surface area contributed by atoms with Gasteiger partial charge in [-0.2, -0.15) is 0 Å². The van der Waals surface area contributed by atoms with E-state index in [9.17, 15) is 4.79 Å². The highest BCUT2D eigenvalue weighted by Gasteiger charge is 2.24. The summed E-state index contributed by atoms with van der Waals surface area (Å²) in [7, 11) is 0. The number of para-hydroxylation sites is 1. The number of nitrogens with one attached hydrogen (secondary N) is 1. The van der Waals surface area contributed by atoms with E-state index in [1.807, 2.05) is 43.3 Å². The lowest BCUT2D eigenvalue weighted by molar-refractivity contribution is 0.0939. The van der Waals surface area contributed by atoms with Crippen LogP contribution in [0.5, 0.6) is 0 Å². The van der Waals surface area contributed by atoms with Crippen molar-refractivity contribution in [3.63, 3.8) is 0 Å². The number of hydrogen-bond donors (Lipinski definition) is 1. The van der Waals surface area contributed by atoms with E-state index in [2.05, 4.69) is 39.5 Å². The standard InChI is InChI=1S/C23H25N3O/c1-17-15-20(19-11-5-6-12-21(19)25-17)23(27)24-16-22(26-13-7-8-14-26)18-9-3-2-4-10-18/h2-6,9-12,15,22H,7-8,13-14,16H2,1H3,(H,24,27). The highest BCUT2D eigenvalue weighted by Crippen LogP contribution is 2.25. The zero-order valence-electron chi connectivity index (χ0n) is 15.7. The molecule has 0 radical (unpaired) electrons. The maximum absolute atomic E-state index is 13.0. The molecule has 2 aromatic carbocycles. The lowest BCUT2D eigenvalue weighted by atomic mass is 10.0. The van der Waals surface area contributed by atoms with Gasteiger partial charge in [-0.3, -0.25) is 14.7 Å². The first-order valence-electron chi connectivity index (χ1n) is 9.66. The first kappa shape index (κ1) is 17.7. The lowest BCUT2D eigenvalue weighted by Gasteiger charge is -2.28. The highest BCUT2D eigenvalue weighted by molar-refractivity contribution is 6.06. The van der Waals surface area contributed by atoms with E-state index in [1.54, 1.807) is 0 Å². The van der Waals surface area contributed by atoms with Crippen molar-refractivity contribution in [2.24, 2.45) is 0 Å². The van der Waals surface area contributed by atoms with Gasteiger partial charge in [0.25, 0.3) is 5.91 Å². The summed E-state index contributed by atoms with van der Waals surface area (Å²) in [4.78, 5) is 20.0. The molecule has 1 aliphatic heterocycles. The van der Waals surface area contributed by atoms with E-state index in [0.717, 1.165) is 29.7 Å². The third-order valence-corrected chi connectivity index (χ3v) is 5.31. The first-order chi connectivity index (χ1) is 13.2. The first-order valence-corrected chi connectivity index (χ1v) is 9.66. The van der Waals surface area contributed by atoms with Crippen LogP contribution in [0.15, 0.2) is 60.7 Å². The van der Waals surface area contributed by atoms with Gasteiger partial charge >= 0.3 is 0 Å². The average Bonchev–Trinajstić information content (AvgIpc) is 3.22. The Morgan fingerprint density at radius 2 is 1.78 bits per heavy atom. The van der Waals surface area contributed by atoms with Gasteiger partial charge in [-0.15, -0.1) is 0 Å². The molecule has 1 amide bonds. The molecule has 2 heterocycles. The fourth-order valence-corrected chi connectivity index (χ4v) is 3.97. The molecule has 1 saturated heterocycles. The van der Waals surface area contributed by atoms with Crippen LogP contribution < -0.4 is 5.32 Å². The second-order valence-electron chi connectivity index (χ2n) is 7.21. The Kier molecular flexibility index (Phi) is 5.16. The molecular weight excluding hydrogens is 334 g/mol. The average molecular weight is 359 g/mol. The molecule has 4 heteroatoms. The summed E-state index contributed by atoms with van der Waals surface area (Å²) >= 11 is 0. The molecule has 1 aliphatic rings. The van der Waals surface area contributed by atoms with Crippen molar-refractivity contribution in [2.75, 3.05) is 19.6 Å². The van der Waals surface area contributed by atoms with Crippen LogP contribution in [-0.2, 0) is 0 Å². The second-order valence-corrected chi connectivity index (χ2v) is 7.21. The number of benzene rings is 2. The third kappa shape index (κ3) is 3.86. The van der Waals surface area contributed by atoms with Crippen molar-refractivity contribution in [1.29, 1.82) is 0 Å². The van der Waals surface area contributed by atoms with Gasteiger partial charge in [0.05, 0.1) is 17.1 Å². The smallest absolute Gasteiger partial charge is 0.252 e. The Labute approximate surface area is 160 Å². The predicted molar refractivity (Wildman–Crippen MR) is 109 cm³/mol. The molecule has 0 spiro atoms. The van der Waals surface area contributed by atoms with Crippen LogP contribution in [0.2, 0.25) is 0 Å². The largest absolute Gasteiger partial charge is 0.350 e. The van der Waals surface area contributed by atoms with E-state index in [-0.39, 0.29) is 11.9 Å². The number of amides is 1. The van der Waals surface area contributed by atoms with Crippen molar-refractivity contribution < 1.29 is 4.79 Å². The maximum atomic E-state index is 13.0. The summed E-state index contributed by atoms with van der Waals surface area (Å²) < 4.78 is 0. The number of aryl methyl sites for hydroxylation is 1. The minimum atomic E-state index is -0.0307. The molecular formula is C23H25N3O. The Morgan fingerprint density at radius 3 is 2.56 bits per heavy atom. The number of hydrogen-bond acceptors (Lipinski definition) is 3. The molecule has 0 bridgehead atoms. The fraction of sp³-hybridized carbons (Fsp3) is 0.304. The van der Waals surface area contributed by atoms with Gasteiger partial charge in [0.2, 0.25) is 0 Å².